The minimum atomic E-state index is 0.514. The third kappa shape index (κ3) is 2.49. The number of aryl methyl sites for hydroxylation is 2. The Labute approximate surface area is 125 Å². The molecule has 114 valence electrons. The van der Waals surface area contributed by atoms with Crippen LogP contribution >= 0.6 is 0 Å². The van der Waals surface area contributed by atoms with Gasteiger partial charge in [0.2, 0.25) is 0 Å². The van der Waals surface area contributed by atoms with E-state index in [2.05, 4.69) is 27.9 Å². The Morgan fingerprint density at radius 2 is 1.95 bits per heavy atom. The van der Waals surface area contributed by atoms with Crippen LogP contribution in [0.5, 0.6) is 0 Å². The second-order valence-corrected chi connectivity index (χ2v) is 5.68. The number of aromatic nitrogens is 3. The zero-order valence-corrected chi connectivity index (χ0v) is 13.1. The summed E-state index contributed by atoms with van der Waals surface area (Å²) in [6.45, 7) is 10.1. The molecule has 2 aromatic heterocycles. The van der Waals surface area contributed by atoms with E-state index in [1.807, 2.05) is 18.7 Å². The molecule has 0 radical (unpaired) electrons. The van der Waals surface area contributed by atoms with Crippen molar-refractivity contribution < 1.29 is 0 Å². The van der Waals surface area contributed by atoms with Gasteiger partial charge in [-0.25, -0.2) is 4.98 Å². The van der Waals surface area contributed by atoms with Gasteiger partial charge in [-0.2, -0.15) is 5.10 Å². The lowest BCUT2D eigenvalue weighted by Crippen LogP contribution is -2.46. The molecule has 0 atom stereocenters. The highest BCUT2D eigenvalue weighted by Crippen LogP contribution is 2.25. The van der Waals surface area contributed by atoms with Gasteiger partial charge < -0.3 is 15.5 Å². The summed E-state index contributed by atoms with van der Waals surface area (Å²) in [6, 6.07) is 2.16. The number of likely N-dealkylation sites (N-methyl/N-ethyl adjacent to an activating group) is 1. The molecule has 0 amide bonds. The Hall–Kier alpha value is -1.66. The van der Waals surface area contributed by atoms with Gasteiger partial charge in [-0.1, -0.05) is 6.92 Å². The van der Waals surface area contributed by atoms with Crippen LogP contribution in [0.4, 0.5) is 5.82 Å². The molecular weight excluding hydrogens is 264 g/mol. The van der Waals surface area contributed by atoms with Crippen LogP contribution in [0.2, 0.25) is 0 Å². The summed E-state index contributed by atoms with van der Waals surface area (Å²) in [4.78, 5) is 9.69. The molecule has 1 aliphatic rings. The third-order valence-corrected chi connectivity index (χ3v) is 4.39. The largest absolute Gasteiger partial charge is 0.354 e. The van der Waals surface area contributed by atoms with Gasteiger partial charge in [0.25, 0.3) is 0 Å². The molecule has 0 aliphatic carbocycles. The van der Waals surface area contributed by atoms with Crippen molar-refractivity contribution in [3.63, 3.8) is 0 Å². The van der Waals surface area contributed by atoms with Crippen molar-refractivity contribution in [2.45, 2.75) is 20.4 Å². The highest BCUT2D eigenvalue weighted by atomic mass is 15.3. The van der Waals surface area contributed by atoms with Gasteiger partial charge in [0.05, 0.1) is 5.69 Å². The van der Waals surface area contributed by atoms with Gasteiger partial charge >= 0.3 is 0 Å². The van der Waals surface area contributed by atoms with Crippen molar-refractivity contribution in [2.24, 2.45) is 12.8 Å². The quantitative estimate of drug-likeness (QED) is 0.908. The summed E-state index contributed by atoms with van der Waals surface area (Å²) in [5.74, 6) is 1.03. The second kappa shape index (κ2) is 5.61. The Balaban J connectivity index is 1.99. The van der Waals surface area contributed by atoms with E-state index >= 15 is 0 Å². The Morgan fingerprint density at radius 1 is 1.24 bits per heavy atom. The number of hydrogen-bond acceptors (Lipinski definition) is 5. The number of pyridine rings is 1. The number of hydrogen-bond donors (Lipinski definition) is 1. The van der Waals surface area contributed by atoms with E-state index in [1.54, 1.807) is 0 Å². The van der Waals surface area contributed by atoms with Crippen LogP contribution in [0.25, 0.3) is 11.0 Å². The van der Waals surface area contributed by atoms with Crippen molar-refractivity contribution >= 4 is 16.9 Å². The summed E-state index contributed by atoms with van der Waals surface area (Å²) >= 11 is 0. The zero-order valence-electron chi connectivity index (χ0n) is 13.1. The molecular formula is C15H24N6. The van der Waals surface area contributed by atoms with E-state index < -0.39 is 0 Å². The predicted molar refractivity (Wildman–Crippen MR) is 85.5 cm³/mol. The number of nitrogens with two attached hydrogens (primary N) is 1. The summed E-state index contributed by atoms with van der Waals surface area (Å²) < 4.78 is 1.86. The van der Waals surface area contributed by atoms with Crippen LogP contribution in [0, 0.1) is 6.92 Å². The minimum absolute atomic E-state index is 0.514. The number of nitrogens with zero attached hydrogens (tertiary/aromatic N) is 5. The molecule has 1 fully saturated rings. The highest BCUT2D eigenvalue weighted by molar-refractivity contribution is 5.81. The van der Waals surface area contributed by atoms with Crippen molar-refractivity contribution in [3.8, 4) is 0 Å². The van der Waals surface area contributed by atoms with Crippen LogP contribution in [0.15, 0.2) is 6.07 Å². The Kier molecular flexibility index (Phi) is 3.82. The molecule has 0 unspecified atom stereocenters. The summed E-state index contributed by atoms with van der Waals surface area (Å²) in [5, 5.41) is 5.57. The lowest BCUT2D eigenvalue weighted by atomic mass is 10.1. The predicted octanol–water partition coefficient (Wildman–Crippen LogP) is 0.877. The average molecular weight is 288 g/mol. The lowest BCUT2D eigenvalue weighted by Gasteiger charge is -2.35. The second-order valence-electron chi connectivity index (χ2n) is 5.68. The van der Waals surface area contributed by atoms with E-state index in [1.165, 1.54) is 0 Å². The van der Waals surface area contributed by atoms with Crippen LogP contribution < -0.4 is 10.6 Å². The van der Waals surface area contributed by atoms with Crippen molar-refractivity contribution in [1.29, 1.82) is 0 Å². The maximum atomic E-state index is 5.95. The van der Waals surface area contributed by atoms with E-state index in [9.17, 15) is 0 Å². The molecule has 2 N–H and O–H groups in total. The fourth-order valence-corrected chi connectivity index (χ4v) is 3.07. The third-order valence-electron chi connectivity index (χ3n) is 4.39. The molecule has 0 saturated carbocycles. The van der Waals surface area contributed by atoms with E-state index in [-0.39, 0.29) is 0 Å². The molecule has 6 heteroatoms. The molecule has 0 spiro atoms. The standard InChI is InChI=1S/C15H24N6/c1-4-20-5-7-21(8-6-20)14-12(10-16)9-13-11(2)18-19(3)15(13)17-14/h9H,4-8,10,16H2,1-3H3. The minimum Gasteiger partial charge on any atom is -0.354 e. The normalized spacial score (nSPS) is 16.9. The summed E-state index contributed by atoms with van der Waals surface area (Å²) in [7, 11) is 1.95. The monoisotopic (exact) mass is 288 g/mol. The van der Waals surface area contributed by atoms with Gasteiger partial charge in [0.1, 0.15) is 5.82 Å². The smallest absolute Gasteiger partial charge is 0.160 e. The fraction of sp³-hybridized carbons (Fsp3) is 0.600. The Morgan fingerprint density at radius 3 is 2.57 bits per heavy atom. The van der Waals surface area contributed by atoms with Crippen LogP contribution in [0.3, 0.4) is 0 Å². The van der Waals surface area contributed by atoms with E-state index in [0.717, 1.165) is 60.8 Å². The summed E-state index contributed by atoms with van der Waals surface area (Å²) in [6.07, 6.45) is 0. The maximum Gasteiger partial charge on any atom is 0.160 e. The van der Waals surface area contributed by atoms with Gasteiger partial charge in [0, 0.05) is 50.7 Å². The highest BCUT2D eigenvalue weighted by Gasteiger charge is 2.21. The first-order valence-corrected chi connectivity index (χ1v) is 7.64. The van der Waals surface area contributed by atoms with Gasteiger partial charge in [-0.3, -0.25) is 4.68 Å². The van der Waals surface area contributed by atoms with E-state index in [0.29, 0.717) is 6.54 Å². The molecule has 1 saturated heterocycles. The van der Waals surface area contributed by atoms with Crippen LogP contribution in [-0.2, 0) is 13.6 Å². The molecule has 3 heterocycles. The first-order valence-electron chi connectivity index (χ1n) is 7.64. The van der Waals surface area contributed by atoms with Crippen LogP contribution in [0.1, 0.15) is 18.2 Å². The number of piperazine rings is 1. The molecule has 2 aromatic rings. The summed E-state index contributed by atoms with van der Waals surface area (Å²) in [5.41, 5.74) is 9.02. The fourth-order valence-electron chi connectivity index (χ4n) is 3.07. The molecule has 1 aliphatic heterocycles. The van der Waals surface area contributed by atoms with Crippen molar-refractivity contribution in [1.82, 2.24) is 19.7 Å². The Bertz CT molecular complexity index is 639. The molecule has 6 nitrogen and oxygen atoms in total. The molecule has 21 heavy (non-hydrogen) atoms. The topological polar surface area (TPSA) is 63.2 Å². The van der Waals surface area contributed by atoms with Crippen molar-refractivity contribution in [2.75, 3.05) is 37.6 Å². The maximum absolute atomic E-state index is 5.95. The number of fused-ring (bicyclic) bond motifs is 1. The SMILES string of the molecule is CCN1CCN(c2nc3c(cc2CN)c(C)nn3C)CC1. The van der Waals surface area contributed by atoms with Crippen molar-refractivity contribution in [3.05, 3.63) is 17.3 Å². The number of anilines is 1. The van der Waals surface area contributed by atoms with Crippen LogP contribution in [-0.4, -0.2) is 52.4 Å². The molecule has 0 bridgehead atoms. The van der Waals surface area contributed by atoms with Gasteiger partial charge in [0.15, 0.2) is 5.65 Å². The molecule has 3 rings (SSSR count). The first-order chi connectivity index (χ1) is 10.1. The lowest BCUT2D eigenvalue weighted by molar-refractivity contribution is 0.270. The first kappa shape index (κ1) is 14.3. The average Bonchev–Trinajstić information content (AvgIpc) is 2.80. The van der Waals surface area contributed by atoms with Gasteiger partial charge in [-0.05, 0) is 19.5 Å². The van der Waals surface area contributed by atoms with E-state index in [4.69, 9.17) is 10.7 Å². The zero-order chi connectivity index (χ0) is 15.0. The van der Waals surface area contributed by atoms with Gasteiger partial charge in [-0.15, -0.1) is 0 Å². The number of rotatable bonds is 3. The molecule has 0 aromatic carbocycles.